The van der Waals surface area contributed by atoms with Crippen LogP contribution in [0, 0.1) is 5.92 Å². The Kier molecular flexibility index (Phi) is 9.30. The quantitative estimate of drug-likeness (QED) is 0.150. The lowest BCUT2D eigenvalue weighted by Gasteiger charge is -2.31. The second-order valence-corrected chi connectivity index (χ2v) is 17.9. The van der Waals surface area contributed by atoms with Gasteiger partial charge in [-0.15, -0.1) is 0 Å². The van der Waals surface area contributed by atoms with E-state index < -0.39 is 31.6 Å². The van der Waals surface area contributed by atoms with Gasteiger partial charge in [0.2, 0.25) is 14.3 Å². The Morgan fingerprint density at radius 2 is 1.59 bits per heavy atom. The van der Waals surface area contributed by atoms with E-state index in [-0.39, 0.29) is 50.4 Å². The van der Waals surface area contributed by atoms with Crippen LogP contribution < -0.4 is 14.5 Å². The third-order valence-corrected chi connectivity index (χ3v) is 12.9. The van der Waals surface area contributed by atoms with Crippen molar-refractivity contribution in [2.45, 2.75) is 56.8 Å². The maximum absolute atomic E-state index is 16.4. The predicted octanol–water partition coefficient (Wildman–Crippen LogP) is 6.48. The number of amides is 3. The molecule has 0 unspecified atom stereocenters. The molecule has 4 aromatic rings. The number of para-hydroxylation sites is 3. The first kappa shape index (κ1) is 34.6. The lowest BCUT2D eigenvalue weighted by Crippen LogP contribution is -2.45. The number of fused-ring (bicyclic) bond motifs is 3. The van der Waals surface area contributed by atoms with Crippen molar-refractivity contribution >= 4 is 43.2 Å². The summed E-state index contributed by atoms with van der Waals surface area (Å²) < 4.78 is 28.8. The molecule has 9 nitrogen and oxygen atoms in total. The summed E-state index contributed by atoms with van der Waals surface area (Å²) in [6.07, 6.45) is -0.939. The van der Waals surface area contributed by atoms with Crippen LogP contribution in [0.15, 0.2) is 103 Å². The summed E-state index contributed by atoms with van der Waals surface area (Å²) in [7, 11) is -3.50. The van der Waals surface area contributed by atoms with Crippen molar-refractivity contribution in [1.29, 1.82) is 0 Å². The van der Waals surface area contributed by atoms with Crippen LogP contribution in [0.4, 0.5) is 21.2 Å². The SMILES string of the molecule is C[C@H]1[C@H]([Si](C)(C)F)[C@@H](CC(=O)N(CCO)Cc2ccccc2)O[C@]12C(=O)N(Cc1ccc(N3C(=O)COc4ccccc43)cc1)c1ccccc12. The molecule has 3 aliphatic rings. The van der Waals surface area contributed by atoms with Crippen LogP contribution in [0.5, 0.6) is 5.75 Å². The second kappa shape index (κ2) is 13.7. The normalized spacial score (nSPS) is 22.6. The van der Waals surface area contributed by atoms with Gasteiger partial charge in [0.15, 0.2) is 12.2 Å². The number of ether oxygens (including phenoxy) is 2. The number of hydrogen-bond acceptors (Lipinski definition) is 6. The van der Waals surface area contributed by atoms with Crippen LogP contribution in [0.2, 0.25) is 18.6 Å². The van der Waals surface area contributed by atoms with Gasteiger partial charge in [-0.05, 0) is 54.6 Å². The molecule has 0 aliphatic carbocycles. The number of nitrogens with zero attached hydrogens (tertiary/aromatic N) is 3. The molecule has 0 aromatic heterocycles. The first-order valence-electron chi connectivity index (χ1n) is 17.4. The molecule has 51 heavy (non-hydrogen) atoms. The molecule has 3 aliphatic heterocycles. The van der Waals surface area contributed by atoms with Crippen LogP contribution in [0.25, 0.3) is 0 Å². The van der Waals surface area contributed by atoms with E-state index in [1.54, 1.807) is 27.8 Å². The van der Waals surface area contributed by atoms with Crippen LogP contribution in [0.1, 0.15) is 30.0 Å². The number of aliphatic hydroxyl groups excluding tert-OH is 1. The highest BCUT2D eigenvalue weighted by Crippen LogP contribution is 2.60. The van der Waals surface area contributed by atoms with Gasteiger partial charge in [-0.2, -0.15) is 0 Å². The minimum atomic E-state index is -3.50. The van der Waals surface area contributed by atoms with E-state index in [0.29, 0.717) is 34.9 Å². The number of anilines is 3. The van der Waals surface area contributed by atoms with Gasteiger partial charge in [-0.1, -0.05) is 79.7 Å². The highest BCUT2D eigenvalue weighted by Gasteiger charge is 2.67. The van der Waals surface area contributed by atoms with Crippen LogP contribution in [-0.4, -0.2) is 62.0 Å². The average molecular weight is 708 g/mol. The highest BCUT2D eigenvalue weighted by molar-refractivity contribution is 6.72. The van der Waals surface area contributed by atoms with E-state index in [1.165, 1.54) is 0 Å². The summed E-state index contributed by atoms with van der Waals surface area (Å²) in [5, 5.41) is 9.79. The first-order chi connectivity index (χ1) is 24.5. The molecule has 4 atom stereocenters. The molecule has 3 amide bonds. The first-order valence-corrected chi connectivity index (χ1v) is 20.3. The highest BCUT2D eigenvalue weighted by atomic mass is 28.4. The number of aliphatic hydroxyl groups is 1. The van der Waals surface area contributed by atoms with Gasteiger partial charge >= 0.3 is 0 Å². The van der Waals surface area contributed by atoms with Gasteiger partial charge in [0.05, 0.1) is 37.1 Å². The van der Waals surface area contributed by atoms with E-state index in [2.05, 4.69) is 0 Å². The molecule has 0 bridgehead atoms. The van der Waals surface area contributed by atoms with E-state index >= 15 is 4.11 Å². The molecule has 0 saturated carbocycles. The van der Waals surface area contributed by atoms with Gasteiger partial charge in [-0.3, -0.25) is 19.3 Å². The van der Waals surface area contributed by atoms with Crippen molar-refractivity contribution in [3.05, 3.63) is 120 Å². The van der Waals surface area contributed by atoms with Gasteiger partial charge in [0, 0.05) is 35.8 Å². The fraction of sp³-hybridized carbons (Fsp3) is 0.325. The van der Waals surface area contributed by atoms with Crippen molar-refractivity contribution < 1.29 is 33.1 Å². The second-order valence-electron chi connectivity index (χ2n) is 14.1. The largest absolute Gasteiger partial charge is 0.482 e. The summed E-state index contributed by atoms with van der Waals surface area (Å²) in [6.45, 7) is 5.50. The Hall–Kier alpha value is -4.84. The summed E-state index contributed by atoms with van der Waals surface area (Å²) in [6, 6.07) is 31.9. The van der Waals surface area contributed by atoms with E-state index in [1.807, 2.05) is 110 Å². The summed E-state index contributed by atoms with van der Waals surface area (Å²) in [5.41, 5.74) is 2.36. The molecular formula is C40H42FN3O6Si. The fourth-order valence-corrected chi connectivity index (χ4v) is 10.7. The van der Waals surface area contributed by atoms with E-state index in [9.17, 15) is 19.5 Å². The lowest BCUT2D eigenvalue weighted by molar-refractivity contribution is -0.150. The smallest absolute Gasteiger partial charge is 0.269 e. The number of carbonyl (C=O) groups is 3. The maximum atomic E-state index is 16.4. The zero-order chi connectivity index (χ0) is 35.9. The number of halogens is 1. The van der Waals surface area contributed by atoms with Crippen LogP contribution >= 0.6 is 0 Å². The van der Waals surface area contributed by atoms with Crippen LogP contribution in [-0.2, 0) is 37.8 Å². The van der Waals surface area contributed by atoms with Crippen molar-refractivity contribution in [2.75, 3.05) is 29.6 Å². The molecule has 0 radical (unpaired) electrons. The monoisotopic (exact) mass is 707 g/mol. The Morgan fingerprint density at radius 1 is 0.922 bits per heavy atom. The molecule has 7 rings (SSSR count). The minimum Gasteiger partial charge on any atom is -0.482 e. The third kappa shape index (κ3) is 6.23. The number of benzene rings is 4. The van der Waals surface area contributed by atoms with Crippen molar-refractivity contribution in [3.8, 4) is 5.75 Å². The number of rotatable bonds is 10. The van der Waals surface area contributed by atoms with Gasteiger partial charge in [0.1, 0.15) is 5.75 Å². The van der Waals surface area contributed by atoms with Gasteiger partial charge in [0.25, 0.3) is 11.8 Å². The molecule has 1 fully saturated rings. The molecular weight excluding hydrogens is 666 g/mol. The van der Waals surface area contributed by atoms with Gasteiger partial charge in [-0.25, -0.2) is 0 Å². The average Bonchev–Trinajstić information content (AvgIpc) is 3.55. The number of carbonyl (C=O) groups excluding carboxylic acids is 3. The molecule has 11 heteroatoms. The molecule has 1 spiro atoms. The fourth-order valence-electron chi connectivity index (χ4n) is 8.19. The standard InChI is InChI=1S/C40H42FN3O6Si/c1-27-38(51(2,3)41)35(23-36(46)42(21-22-45)24-28-11-5-4-6-12-28)50-40(27)31-13-7-8-14-32(31)43(39(40)48)25-29-17-19-30(20-18-29)44-33-15-9-10-16-34(33)49-26-37(44)47/h4-20,27,35,38,45H,21-26H2,1-3H3/t27-,35+,38-,40+/m0/s1. The topological polar surface area (TPSA) is 99.6 Å². The number of hydrogen-bond donors (Lipinski definition) is 1. The Bertz CT molecular complexity index is 1940. The van der Waals surface area contributed by atoms with E-state index in [0.717, 1.165) is 11.1 Å². The third-order valence-electron chi connectivity index (χ3n) is 10.4. The molecule has 1 saturated heterocycles. The van der Waals surface area contributed by atoms with Crippen molar-refractivity contribution in [1.82, 2.24) is 4.90 Å². The van der Waals surface area contributed by atoms with Crippen molar-refractivity contribution in [3.63, 3.8) is 0 Å². The zero-order valence-corrected chi connectivity index (χ0v) is 30.0. The predicted molar refractivity (Wildman–Crippen MR) is 195 cm³/mol. The van der Waals surface area contributed by atoms with Crippen molar-refractivity contribution in [2.24, 2.45) is 5.92 Å². The Labute approximate surface area is 298 Å². The zero-order valence-electron chi connectivity index (χ0n) is 29.0. The lowest BCUT2D eigenvalue weighted by atomic mass is 9.82. The summed E-state index contributed by atoms with van der Waals surface area (Å²) in [5.74, 6) is -0.641. The minimum absolute atomic E-state index is 0.0588. The molecule has 264 valence electrons. The molecule has 3 heterocycles. The Morgan fingerprint density at radius 3 is 2.29 bits per heavy atom. The van der Waals surface area contributed by atoms with Crippen LogP contribution in [0.3, 0.4) is 0 Å². The maximum Gasteiger partial charge on any atom is 0.269 e. The molecule has 1 N–H and O–H groups in total. The summed E-state index contributed by atoms with van der Waals surface area (Å²) in [4.78, 5) is 46.4. The Balaban J connectivity index is 1.16. The van der Waals surface area contributed by atoms with E-state index in [4.69, 9.17) is 9.47 Å². The van der Waals surface area contributed by atoms with Gasteiger partial charge < -0.3 is 28.5 Å². The molecule has 4 aromatic carbocycles. The summed E-state index contributed by atoms with van der Waals surface area (Å²) >= 11 is 0.